The Morgan fingerprint density at radius 3 is 2.53 bits per heavy atom. The average Bonchev–Trinajstić information content (AvgIpc) is 2.38. The van der Waals surface area contributed by atoms with E-state index in [2.05, 4.69) is 30.9 Å². The lowest BCUT2D eigenvalue weighted by atomic mass is 10.2. The van der Waals surface area contributed by atoms with Gasteiger partial charge in [-0.2, -0.15) is 0 Å². The molecule has 2 heterocycles. The van der Waals surface area contributed by atoms with Gasteiger partial charge < -0.3 is 0 Å². The minimum absolute atomic E-state index is 0.0432. The number of pyridine rings is 1. The molecule has 0 aliphatic rings. The SMILES string of the molecule is FC(F)c1nc(-c2ncc(Cl)cc2Cl)ncc1CBr. The monoisotopic (exact) mass is 367 g/mol. The molecule has 0 radical (unpaired) electrons. The fourth-order valence-electron chi connectivity index (χ4n) is 1.41. The summed E-state index contributed by atoms with van der Waals surface area (Å²) in [7, 11) is 0. The molecule has 0 spiro atoms. The molecule has 19 heavy (non-hydrogen) atoms. The summed E-state index contributed by atoms with van der Waals surface area (Å²) < 4.78 is 25.8. The molecule has 8 heteroatoms. The van der Waals surface area contributed by atoms with Gasteiger partial charge in [0.1, 0.15) is 11.4 Å². The third kappa shape index (κ3) is 3.19. The zero-order valence-corrected chi connectivity index (χ0v) is 12.3. The molecule has 0 aliphatic carbocycles. The number of halogens is 5. The predicted octanol–water partition coefficient (Wildman–Crippen LogP) is 4.68. The van der Waals surface area contributed by atoms with Crippen LogP contribution in [0.4, 0.5) is 8.78 Å². The second kappa shape index (κ2) is 6.07. The van der Waals surface area contributed by atoms with Gasteiger partial charge in [-0.15, -0.1) is 0 Å². The Morgan fingerprint density at radius 1 is 1.21 bits per heavy atom. The van der Waals surface area contributed by atoms with Crippen LogP contribution in [0.5, 0.6) is 0 Å². The van der Waals surface area contributed by atoms with Gasteiger partial charge in [0.15, 0.2) is 5.82 Å². The normalized spacial score (nSPS) is 11.1. The topological polar surface area (TPSA) is 38.7 Å². The summed E-state index contributed by atoms with van der Waals surface area (Å²) in [4.78, 5) is 11.8. The Hall–Kier alpha value is -0.850. The van der Waals surface area contributed by atoms with Crippen LogP contribution in [-0.4, -0.2) is 15.0 Å². The maximum atomic E-state index is 12.9. The van der Waals surface area contributed by atoms with Crippen molar-refractivity contribution in [2.45, 2.75) is 11.8 Å². The molecule has 0 atom stereocenters. The molecule has 0 unspecified atom stereocenters. The van der Waals surface area contributed by atoms with Crippen LogP contribution in [0.2, 0.25) is 10.0 Å². The zero-order chi connectivity index (χ0) is 14.0. The Kier molecular flexibility index (Phi) is 4.65. The first-order valence-electron chi connectivity index (χ1n) is 5.04. The van der Waals surface area contributed by atoms with Gasteiger partial charge in [0.25, 0.3) is 6.43 Å². The summed E-state index contributed by atoms with van der Waals surface area (Å²) in [6.07, 6.45) is -0.0158. The van der Waals surface area contributed by atoms with E-state index >= 15 is 0 Å². The second-order valence-electron chi connectivity index (χ2n) is 3.52. The molecule has 100 valence electrons. The summed E-state index contributed by atoms with van der Waals surface area (Å²) in [5, 5.41) is 0.800. The molecule has 0 aromatic carbocycles. The van der Waals surface area contributed by atoms with Gasteiger partial charge in [0.05, 0.1) is 10.0 Å². The minimum atomic E-state index is -2.69. The first kappa shape index (κ1) is 14.6. The molecule has 0 aliphatic heterocycles. The minimum Gasteiger partial charge on any atom is -0.250 e. The number of hydrogen-bond donors (Lipinski definition) is 0. The van der Waals surface area contributed by atoms with E-state index in [-0.39, 0.29) is 27.6 Å². The summed E-state index contributed by atoms with van der Waals surface area (Å²) in [6, 6.07) is 1.45. The van der Waals surface area contributed by atoms with Crippen molar-refractivity contribution in [1.29, 1.82) is 0 Å². The van der Waals surface area contributed by atoms with Gasteiger partial charge in [0.2, 0.25) is 0 Å². The van der Waals surface area contributed by atoms with Crippen molar-refractivity contribution in [3.05, 3.63) is 39.8 Å². The molecule has 0 bridgehead atoms. The molecule has 2 rings (SSSR count). The molecule has 0 N–H and O–H groups in total. The Morgan fingerprint density at radius 2 is 1.95 bits per heavy atom. The number of aromatic nitrogens is 3. The predicted molar refractivity (Wildman–Crippen MR) is 72.9 cm³/mol. The van der Waals surface area contributed by atoms with Crippen molar-refractivity contribution >= 4 is 39.1 Å². The molecule has 2 aromatic rings. The largest absolute Gasteiger partial charge is 0.280 e. The highest BCUT2D eigenvalue weighted by molar-refractivity contribution is 9.08. The number of nitrogens with zero attached hydrogens (tertiary/aromatic N) is 3. The van der Waals surface area contributed by atoms with E-state index in [0.29, 0.717) is 10.6 Å². The Labute approximate surface area is 126 Å². The van der Waals surface area contributed by atoms with E-state index in [4.69, 9.17) is 23.2 Å². The van der Waals surface area contributed by atoms with Gasteiger partial charge in [-0.1, -0.05) is 39.1 Å². The summed E-state index contributed by atoms with van der Waals surface area (Å²) in [5.74, 6) is 0.0432. The molecular weight excluding hydrogens is 363 g/mol. The molecule has 2 aromatic heterocycles. The summed E-state index contributed by atoms with van der Waals surface area (Å²) in [6.45, 7) is 0. The van der Waals surface area contributed by atoms with E-state index in [1.54, 1.807) is 0 Å². The number of alkyl halides is 3. The molecular formula is C11H6BrCl2F2N3. The number of hydrogen-bond acceptors (Lipinski definition) is 3. The summed E-state index contributed by atoms with van der Waals surface area (Å²) >= 11 is 14.8. The molecule has 3 nitrogen and oxygen atoms in total. The van der Waals surface area contributed by atoms with E-state index in [1.807, 2.05) is 0 Å². The van der Waals surface area contributed by atoms with Gasteiger partial charge in [-0.05, 0) is 6.07 Å². The van der Waals surface area contributed by atoms with Crippen molar-refractivity contribution in [3.63, 3.8) is 0 Å². The highest BCUT2D eigenvalue weighted by Crippen LogP contribution is 2.28. The van der Waals surface area contributed by atoms with E-state index in [9.17, 15) is 8.78 Å². The second-order valence-corrected chi connectivity index (χ2v) is 4.93. The Balaban J connectivity index is 2.54. The fraction of sp³-hybridized carbons (Fsp3) is 0.182. The van der Waals surface area contributed by atoms with Crippen LogP contribution in [-0.2, 0) is 5.33 Å². The lowest BCUT2D eigenvalue weighted by Crippen LogP contribution is -2.02. The third-order valence-electron chi connectivity index (χ3n) is 2.27. The lowest BCUT2D eigenvalue weighted by molar-refractivity contribution is 0.145. The third-order valence-corrected chi connectivity index (χ3v) is 3.37. The van der Waals surface area contributed by atoms with E-state index in [0.717, 1.165) is 0 Å². The fourth-order valence-corrected chi connectivity index (χ4v) is 2.30. The molecule has 0 saturated carbocycles. The van der Waals surface area contributed by atoms with Gasteiger partial charge in [0, 0.05) is 23.3 Å². The van der Waals surface area contributed by atoms with E-state index in [1.165, 1.54) is 18.5 Å². The van der Waals surface area contributed by atoms with Crippen molar-refractivity contribution in [2.24, 2.45) is 0 Å². The first-order chi connectivity index (χ1) is 9.02. The van der Waals surface area contributed by atoms with Crippen LogP contribution >= 0.6 is 39.1 Å². The summed E-state index contributed by atoms with van der Waals surface area (Å²) in [5.41, 5.74) is 0.201. The van der Waals surface area contributed by atoms with Crippen LogP contribution in [0, 0.1) is 0 Å². The van der Waals surface area contributed by atoms with Crippen molar-refractivity contribution < 1.29 is 8.78 Å². The van der Waals surface area contributed by atoms with Crippen molar-refractivity contribution in [2.75, 3.05) is 0 Å². The van der Waals surface area contributed by atoms with E-state index < -0.39 is 6.43 Å². The molecule has 0 amide bonds. The highest BCUT2D eigenvalue weighted by atomic mass is 79.9. The van der Waals surface area contributed by atoms with Crippen LogP contribution in [0.1, 0.15) is 17.7 Å². The van der Waals surface area contributed by atoms with Crippen LogP contribution < -0.4 is 0 Å². The van der Waals surface area contributed by atoms with Crippen LogP contribution in [0.25, 0.3) is 11.5 Å². The molecule has 0 saturated heterocycles. The van der Waals surface area contributed by atoms with Gasteiger partial charge >= 0.3 is 0 Å². The Bertz CT molecular complexity index is 610. The molecule has 0 fully saturated rings. The van der Waals surface area contributed by atoms with Crippen molar-refractivity contribution in [1.82, 2.24) is 15.0 Å². The quantitative estimate of drug-likeness (QED) is 0.738. The van der Waals surface area contributed by atoms with Gasteiger partial charge in [-0.3, -0.25) is 0 Å². The lowest BCUT2D eigenvalue weighted by Gasteiger charge is -2.08. The maximum absolute atomic E-state index is 12.9. The van der Waals surface area contributed by atoms with Gasteiger partial charge in [-0.25, -0.2) is 23.7 Å². The first-order valence-corrected chi connectivity index (χ1v) is 6.92. The maximum Gasteiger partial charge on any atom is 0.280 e. The highest BCUT2D eigenvalue weighted by Gasteiger charge is 2.18. The standard InChI is InChI=1S/C11H6BrCl2F2N3/c12-2-5-3-18-11(19-8(5)10(15)16)9-7(14)1-6(13)4-17-9/h1,3-4,10H,2H2. The van der Waals surface area contributed by atoms with Crippen LogP contribution in [0.15, 0.2) is 18.5 Å². The van der Waals surface area contributed by atoms with Crippen LogP contribution in [0.3, 0.4) is 0 Å². The van der Waals surface area contributed by atoms with Crippen molar-refractivity contribution in [3.8, 4) is 11.5 Å². The zero-order valence-electron chi connectivity index (χ0n) is 9.25. The smallest absolute Gasteiger partial charge is 0.250 e. The number of rotatable bonds is 3. The average molecular weight is 369 g/mol.